The molecule has 0 radical (unpaired) electrons. The minimum atomic E-state index is -1.31. The summed E-state index contributed by atoms with van der Waals surface area (Å²) in [5.41, 5.74) is 4.66. The van der Waals surface area contributed by atoms with Crippen LogP contribution in [0.1, 0.15) is 19.3 Å². The lowest BCUT2D eigenvalue weighted by atomic mass is 9.65. The minimum Gasteiger partial charge on any atom is -0.460 e. The van der Waals surface area contributed by atoms with Crippen molar-refractivity contribution in [3.05, 3.63) is 0 Å². The number of rotatable bonds is 0. The maximum absolute atomic E-state index is 11.6. The molecule has 2 bridgehead atoms. The summed E-state index contributed by atoms with van der Waals surface area (Å²) < 4.78 is 5.14. The largest absolute Gasteiger partial charge is 0.460 e. The van der Waals surface area contributed by atoms with Gasteiger partial charge >= 0.3 is 5.97 Å². The van der Waals surface area contributed by atoms with Crippen LogP contribution in [0.3, 0.4) is 0 Å². The number of aliphatic hydroxyl groups excluding tert-OH is 2. The van der Waals surface area contributed by atoms with Crippen molar-refractivity contribution < 1.29 is 19.7 Å². The van der Waals surface area contributed by atoms with Crippen LogP contribution in [0.5, 0.6) is 0 Å². The summed E-state index contributed by atoms with van der Waals surface area (Å²) >= 11 is 0. The number of aliphatic imine (C=N–C) groups is 1. The molecule has 1 saturated heterocycles. The van der Waals surface area contributed by atoms with Crippen LogP contribution in [0.15, 0.2) is 4.99 Å². The van der Waals surface area contributed by atoms with Crippen molar-refractivity contribution in [3.8, 4) is 0 Å². The lowest BCUT2D eigenvalue weighted by Crippen LogP contribution is -2.76. The molecule has 1 unspecified atom stereocenters. The summed E-state index contributed by atoms with van der Waals surface area (Å²) in [6.45, 7) is 0. The molecule has 94 valence electrons. The van der Waals surface area contributed by atoms with Gasteiger partial charge in [0.1, 0.15) is 6.10 Å². The van der Waals surface area contributed by atoms with Crippen LogP contribution in [0.25, 0.3) is 0 Å². The van der Waals surface area contributed by atoms with Gasteiger partial charge in [0.15, 0.2) is 18.3 Å². The molecule has 0 aromatic rings. The van der Waals surface area contributed by atoms with Crippen molar-refractivity contribution in [1.82, 2.24) is 5.32 Å². The third-order valence-electron chi connectivity index (χ3n) is 4.01. The van der Waals surface area contributed by atoms with Crippen LogP contribution in [-0.4, -0.2) is 46.1 Å². The quantitative estimate of drug-likeness (QED) is 0.366. The second-order valence-corrected chi connectivity index (χ2v) is 4.89. The summed E-state index contributed by atoms with van der Waals surface area (Å²) in [5.74, 6) is -1.03. The number of nitrogens with two attached hydrogens (primary N) is 1. The predicted molar refractivity (Wildman–Crippen MR) is 56.7 cm³/mol. The highest BCUT2D eigenvalue weighted by Gasteiger charge is 2.62. The highest BCUT2D eigenvalue weighted by Crippen LogP contribution is 2.45. The fourth-order valence-corrected chi connectivity index (χ4v) is 3.31. The Morgan fingerprint density at radius 2 is 2.29 bits per heavy atom. The van der Waals surface area contributed by atoms with Gasteiger partial charge in [0, 0.05) is 0 Å². The van der Waals surface area contributed by atoms with Crippen molar-refractivity contribution in [1.29, 1.82) is 0 Å². The molecule has 3 rings (SSSR count). The van der Waals surface area contributed by atoms with Crippen LogP contribution < -0.4 is 11.1 Å². The number of carbonyl (C=O) groups is 1. The highest BCUT2D eigenvalue weighted by molar-refractivity contribution is 5.84. The molecule has 5 atom stereocenters. The number of aliphatic hydroxyl groups is 2. The molecule has 0 spiro atoms. The molecule has 0 amide bonds. The average Bonchev–Trinajstić information content (AvgIpc) is 2.25. The van der Waals surface area contributed by atoms with E-state index in [2.05, 4.69) is 10.3 Å². The number of guanidine groups is 1. The molecule has 5 N–H and O–H groups in total. The summed E-state index contributed by atoms with van der Waals surface area (Å²) in [4.78, 5) is 15.4. The van der Waals surface area contributed by atoms with Gasteiger partial charge in [0.05, 0.1) is 11.5 Å². The Morgan fingerprint density at radius 1 is 1.53 bits per heavy atom. The van der Waals surface area contributed by atoms with E-state index in [1.54, 1.807) is 0 Å². The van der Waals surface area contributed by atoms with Crippen molar-refractivity contribution in [2.45, 2.75) is 43.2 Å². The molecule has 7 heteroatoms. The Bertz CT molecular complexity index is 399. The number of nitrogens with zero attached hydrogens (tertiary/aromatic N) is 1. The van der Waals surface area contributed by atoms with Gasteiger partial charge in [-0.2, -0.15) is 0 Å². The first-order valence-electron chi connectivity index (χ1n) is 5.73. The Balaban J connectivity index is 2.08. The van der Waals surface area contributed by atoms with E-state index in [9.17, 15) is 15.0 Å². The van der Waals surface area contributed by atoms with E-state index < -0.39 is 35.9 Å². The molecule has 1 saturated carbocycles. The van der Waals surface area contributed by atoms with Gasteiger partial charge in [0.2, 0.25) is 0 Å². The maximum Gasteiger partial charge on any atom is 0.337 e. The number of ether oxygens (including phenoxy) is 1. The molecule has 2 fully saturated rings. The van der Waals surface area contributed by atoms with E-state index in [4.69, 9.17) is 10.5 Å². The number of nitrogens with one attached hydrogen (secondary N) is 1. The third-order valence-corrected chi connectivity index (χ3v) is 4.01. The molecule has 0 aromatic carbocycles. The second kappa shape index (κ2) is 3.33. The summed E-state index contributed by atoms with van der Waals surface area (Å²) in [5, 5.41) is 22.9. The maximum atomic E-state index is 11.6. The monoisotopic (exact) mass is 241 g/mol. The van der Waals surface area contributed by atoms with Crippen LogP contribution in [0.4, 0.5) is 0 Å². The van der Waals surface area contributed by atoms with Gasteiger partial charge in [-0.25, -0.2) is 9.79 Å². The molecule has 0 aromatic heterocycles. The SMILES string of the molecule is NC1=N[C@H](O)C2[C@@H]3CCC[C@@]2(N1)[C@H](O)C(=O)O3. The van der Waals surface area contributed by atoms with Crippen molar-refractivity contribution >= 4 is 11.9 Å². The van der Waals surface area contributed by atoms with E-state index >= 15 is 0 Å². The summed E-state index contributed by atoms with van der Waals surface area (Å²) in [6.07, 6.45) is -0.703. The fourth-order valence-electron chi connectivity index (χ4n) is 3.31. The van der Waals surface area contributed by atoms with Gasteiger partial charge in [-0.05, 0) is 19.3 Å². The first kappa shape index (κ1) is 10.8. The average molecular weight is 241 g/mol. The zero-order valence-electron chi connectivity index (χ0n) is 9.17. The summed E-state index contributed by atoms with van der Waals surface area (Å²) in [6, 6.07) is 0. The Hall–Kier alpha value is -1.34. The lowest BCUT2D eigenvalue weighted by molar-refractivity contribution is -0.206. The van der Waals surface area contributed by atoms with Gasteiger partial charge < -0.3 is 26.0 Å². The smallest absolute Gasteiger partial charge is 0.337 e. The lowest BCUT2D eigenvalue weighted by Gasteiger charge is -2.55. The molecule has 2 aliphatic heterocycles. The zero-order valence-corrected chi connectivity index (χ0v) is 9.17. The van der Waals surface area contributed by atoms with E-state index in [1.165, 1.54) is 0 Å². The highest BCUT2D eigenvalue weighted by atomic mass is 16.6. The topological polar surface area (TPSA) is 117 Å². The van der Waals surface area contributed by atoms with Crippen molar-refractivity contribution in [2.24, 2.45) is 16.6 Å². The van der Waals surface area contributed by atoms with Gasteiger partial charge in [0.25, 0.3) is 0 Å². The molecule has 1 aliphatic carbocycles. The molecular formula is C10H15N3O4. The number of hydrogen-bond donors (Lipinski definition) is 4. The van der Waals surface area contributed by atoms with Crippen molar-refractivity contribution in [3.63, 3.8) is 0 Å². The number of esters is 1. The fraction of sp³-hybridized carbons (Fsp3) is 0.800. The predicted octanol–water partition coefficient (Wildman–Crippen LogP) is -1.95. The number of hydrogen-bond acceptors (Lipinski definition) is 7. The van der Waals surface area contributed by atoms with E-state index in [-0.39, 0.29) is 5.96 Å². The molecule has 17 heavy (non-hydrogen) atoms. The molecule has 7 nitrogen and oxygen atoms in total. The van der Waals surface area contributed by atoms with Crippen molar-refractivity contribution in [2.75, 3.05) is 0 Å². The molecule has 3 aliphatic rings. The van der Waals surface area contributed by atoms with Gasteiger partial charge in [-0.3, -0.25) is 0 Å². The minimum absolute atomic E-state index is 0.0585. The first-order chi connectivity index (χ1) is 8.04. The van der Waals surface area contributed by atoms with Crippen LogP contribution in [0, 0.1) is 5.92 Å². The van der Waals surface area contributed by atoms with E-state index in [0.29, 0.717) is 12.8 Å². The Morgan fingerprint density at radius 3 is 3.06 bits per heavy atom. The van der Waals surface area contributed by atoms with E-state index in [0.717, 1.165) is 6.42 Å². The van der Waals surface area contributed by atoms with Crippen LogP contribution in [-0.2, 0) is 9.53 Å². The molecular weight excluding hydrogens is 226 g/mol. The first-order valence-corrected chi connectivity index (χ1v) is 5.73. The zero-order chi connectivity index (χ0) is 12.2. The normalized spacial score (nSPS) is 48.6. The van der Waals surface area contributed by atoms with E-state index in [1.807, 2.05) is 0 Å². The van der Waals surface area contributed by atoms with Gasteiger partial charge in [-0.15, -0.1) is 0 Å². The van der Waals surface area contributed by atoms with Crippen LogP contribution >= 0.6 is 0 Å². The molecule has 2 heterocycles. The van der Waals surface area contributed by atoms with Crippen LogP contribution in [0.2, 0.25) is 0 Å². The van der Waals surface area contributed by atoms with Gasteiger partial charge in [-0.1, -0.05) is 0 Å². The summed E-state index contributed by atoms with van der Waals surface area (Å²) in [7, 11) is 0. The number of carbonyl (C=O) groups excluding carboxylic acids is 1. The third kappa shape index (κ3) is 1.29. The Kier molecular flexibility index (Phi) is 2.11. The Labute approximate surface area is 97.7 Å². The second-order valence-electron chi connectivity index (χ2n) is 4.89. The standard InChI is InChI=1S/C10H15N3O4/c11-9-12-7(15)5-4-2-1-3-10(5,13-9)6(14)8(16)17-4/h4-7,14-15H,1-3H2,(H3,11,12,13)/t4-,5?,6+,7+,10-/m0/s1.